The van der Waals surface area contributed by atoms with Crippen molar-refractivity contribution in [2.75, 3.05) is 5.75 Å². The fraction of sp³-hybridized carbons (Fsp3) is 0.800. The summed E-state index contributed by atoms with van der Waals surface area (Å²) >= 11 is 1.63. The van der Waals surface area contributed by atoms with Gasteiger partial charge >= 0.3 is 5.97 Å². The maximum Gasteiger partial charge on any atom is 0.319 e. The Morgan fingerprint density at radius 3 is 2.40 bits per heavy atom. The molecule has 0 saturated carbocycles. The molecule has 0 bridgehead atoms. The Bertz CT molecular complexity index is 383. The Hall–Kier alpha value is -0.423. The number of ether oxygens (including phenoxy) is 1. The van der Waals surface area contributed by atoms with Crippen LogP contribution in [0.4, 0.5) is 0 Å². The maximum absolute atomic E-state index is 11.9. The molecule has 1 atom stereocenters. The molecule has 1 rings (SSSR count). The molecule has 1 aliphatic rings. The van der Waals surface area contributed by atoms with E-state index in [1.807, 2.05) is 13.8 Å². The fourth-order valence-electron chi connectivity index (χ4n) is 1.57. The molecule has 0 fully saturated rings. The molecule has 0 aromatic carbocycles. The minimum absolute atomic E-state index is 0.0445. The summed E-state index contributed by atoms with van der Waals surface area (Å²) in [5.41, 5.74) is 0. The van der Waals surface area contributed by atoms with Gasteiger partial charge in [-0.1, -0.05) is 20.8 Å². The van der Waals surface area contributed by atoms with Crippen molar-refractivity contribution in [1.29, 1.82) is 0 Å². The molecule has 3 nitrogen and oxygen atoms in total. The summed E-state index contributed by atoms with van der Waals surface area (Å²) < 4.78 is 11.5. The minimum atomic E-state index is -1.77. The summed E-state index contributed by atoms with van der Waals surface area (Å²) in [4.78, 5) is 11.9. The molecule has 0 aliphatic carbocycles. The Kier molecular flexibility index (Phi) is 5.78. The van der Waals surface area contributed by atoms with Crippen LogP contribution in [0, 0.1) is 0 Å². The van der Waals surface area contributed by atoms with Crippen LogP contribution < -0.4 is 0 Å². The molecule has 1 heterocycles. The number of esters is 1. The van der Waals surface area contributed by atoms with Crippen molar-refractivity contribution < 1.29 is 14.0 Å². The quantitative estimate of drug-likeness (QED) is 0.570. The van der Waals surface area contributed by atoms with Gasteiger partial charge < -0.3 is 9.16 Å². The third kappa shape index (κ3) is 4.84. The van der Waals surface area contributed by atoms with Crippen molar-refractivity contribution in [2.24, 2.45) is 0 Å². The van der Waals surface area contributed by atoms with Gasteiger partial charge in [-0.15, -0.1) is 11.8 Å². The number of allylic oxidation sites excluding steroid dienone is 1. The zero-order valence-electron chi connectivity index (χ0n) is 13.8. The maximum atomic E-state index is 11.9. The molecule has 20 heavy (non-hydrogen) atoms. The van der Waals surface area contributed by atoms with Crippen LogP contribution in [0.1, 0.15) is 41.0 Å². The summed E-state index contributed by atoms with van der Waals surface area (Å²) in [6, 6.07) is 0. The number of hydrogen-bond donors (Lipinski definition) is 0. The second-order valence-corrected chi connectivity index (χ2v) is 13.0. The molecule has 1 unspecified atom stereocenters. The van der Waals surface area contributed by atoms with Crippen molar-refractivity contribution in [1.82, 2.24) is 0 Å². The van der Waals surface area contributed by atoms with Gasteiger partial charge in [0.2, 0.25) is 8.32 Å². The van der Waals surface area contributed by atoms with E-state index >= 15 is 0 Å². The van der Waals surface area contributed by atoms with Gasteiger partial charge in [0.25, 0.3) is 0 Å². The van der Waals surface area contributed by atoms with Crippen LogP contribution in [0.15, 0.2) is 11.8 Å². The van der Waals surface area contributed by atoms with Gasteiger partial charge in [-0.2, -0.15) is 0 Å². The average molecular weight is 317 g/mol. The van der Waals surface area contributed by atoms with Gasteiger partial charge in [-0.3, -0.25) is 4.79 Å². The van der Waals surface area contributed by atoms with Crippen molar-refractivity contribution in [3.63, 3.8) is 0 Å². The van der Waals surface area contributed by atoms with Gasteiger partial charge in [0.1, 0.15) is 5.25 Å². The summed E-state index contributed by atoms with van der Waals surface area (Å²) in [6.07, 6.45) is 2.74. The van der Waals surface area contributed by atoms with E-state index in [1.165, 1.54) is 0 Å². The van der Waals surface area contributed by atoms with Crippen molar-refractivity contribution in [3.05, 3.63) is 11.8 Å². The molecule has 0 spiro atoms. The molecule has 1 aliphatic heterocycles. The zero-order valence-corrected chi connectivity index (χ0v) is 15.6. The van der Waals surface area contributed by atoms with Gasteiger partial charge in [0.15, 0.2) is 0 Å². The Morgan fingerprint density at radius 2 is 2.00 bits per heavy atom. The second-order valence-electron chi connectivity index (χ2n) is 7.05. The number of thioether (sulfide) groups is 1. The predicted octanol–water partition coefficient (Wildman–Crippen LogP) is 4.35. The lowest BCUT2D eigenvalue weighted by Crippen LogP contribution is -2.41. The van der Waals surface area contributed by atoms with Crippen molar-refractivity contribution >= 4 is 26.0 Å². The first-order valence-corrected chi connectivity index (χ1v) is 11.2. The normalized spacial score (nSPS) is 20.6. The van der Waals surface area contributed by atoms with Crippen LogP contribution in [-0.2, 0) is 14.0 Å². The van der Waals surface area contributed by atoms with E-state index in [9.17, 15) is 4.79 Å². The number of carbonyl (C=O) groups excluding carboxylic acids is 1. The molecule has 116 valence electrons. The van der Waals surface area contributed by atoms with Crippen molar-refractivity contribution in [3.8, 4) is 0 Å². The molecular weight excluding hydrogens is 288 g/mol. The molecule has 5 heteroatoms. The van der Waals surface area contributed by atoms with E-state index in [1.54, 1.807) is 11.8 Å². The summed E-state index contributed by atoms with van der Waals surface area (Å²) in [5.74, 6) is 1.70. The molecule has 0 aromatic heterocycles. The third-order valence-corrected chi connectivity index (χ3v) is 9.42. The van der Waals surface area contributed by atoms with Crippen LogP contribution in [0.3, 0.4) is 0 Å². The van der Waals surface area contributed by atoms with Crippen molar-refractivity contribution in [2.45, 2.75) is 70.5 Å². The summed E-state index contributed by atoms with van der Waals surface area (Å²) in [6.45, 7) is 15.0. The van der Waals surface area contributed by atoms with Crippen LogP contribution in [0.5, 0.6) is 0 Å². The summed E-state index contributed by atoms with van der Waals surface area (Å²) in [5, 5.41) is 0.121. The van der Waals surface area contributed by atoms with Gasteiger partial charge in [0, 0.05) is 0 Å². The fourth-order valence-corrected chi connectivity index (χ4v) is 3.76. The van der Waals surface area contributed by atoms with Crippen LogP contribution in [0.2, 0.25) is 18.1 Å². The first kappa shape index (κ1) is 17.6. The number of hydrogen-bond acceptors (Lipinski definition) is 4. The van der Waals surface area contributed by atoms with E-state index in [-0.39, 0.29) is 22.4 Å². The lowest BCUT2D eigenvalue weighted by Gasteiger charge is -2.38. The van der Waals surface area contributed by atoms with E-state index in [0.717, 1.165) is 11.5 Å². The number of rotatable bonds is 4. The minimum Gasteiger partial charge on any atom is -0.546 e. The largest absolute Gasteiger partial charge is 0.546 e. The highest BCUT2D eigenvalue weighted by atomic mass is 32.2. The monoisotopic (exact) mass is 316 g/mol. The topological polar surface area (TPSA) is 35.5 Å². The lowest BCUT2D eigenvalue weighted by molar-refractivity contribution is -0.146. The van der Waals surface area contributed by atoms with E-state index in [4.69, 9.17) is 9.16 Å². The highest BCUT2D eigenvalue weighted by Gasteiger charge is 2.40. The Morgan fingerprint density at radius 1 is 1.40 bits per heavy atom. The van der Waals surface area contributed by atoms with Gasteiger partial charge in [0.05, 0.1) is 17.6 Å². The second kappa shape index (κ2) is 6.56. The smallest absolute Gasteiger partial charge is 0.319 e. The molecule has 0 amide bonds. The summed E-state index contributed by atoms with van der Waals surface area (Å²) in [7, 11) is -1.77. The number of carbonyl (C=O) groups is 1. The van der Waals surface area contributed by atoms with E-state index in [0.29, 0.717) is 6.42 Å². The van der Waals surface area contributed by atoms with Gasteiger partial charge in [-0.05, 0) is 44.5 Å². The van der Waals surface area contributed by atoms with Crippen LogP contribution in [-0.4, -0.2) is 31.4 Å². The third-order valence-electron chi connectivity index (χ3n) is 3.79. The van der Waals surface area contributed by atoms with Gasteiger partial charge in [-0.25, -0.2) is 0 Å². The first-order chi connectivity index (χ1) is 9.03. The molecular formula is C15H28O3SSi. The van der Waals surface area contributed by atoms with E-state index in [2.05, 4.69) is 39.9 Å². The highest BCUT2D eigenvalue weighted by molar-refractivity contribution is 8.00. The first-order valence-electron chi connectivity index (χ1n) is 7.23. The molecule has 0 radical (unpaired) electrons. The molecule has 0 saturated heterocycles. The zero-order chi connectivity index (χ0) is 15.6. The highest BCUT2D eigenvalue weighted by Crippen LogP contribution is 2.39. The van der Waals surface area contributed by atoms with E-state index < -0.39 is 8.32 Å². The predicted molar refractivity (Wildman–Crippen MR) is 88.5 cm³/mol. The van der Waals surface area contributed by atoms with Crippen LogP contribution in [0.25, 0.3) is 0 Å². The molecule has 0 N–H and O–H groups in total. The average Bonchev–Trinajstić information content (AvgIpc) is 2.26. The van der Waals surface area contributed by atoms with Crippen LogP contribution >= 0.6 is 11.8 Å². The Labute approximate surface area is 128 Å². The SMILES string of the molecule is CC(C)OC(=O)C1CC=C(O[Si](C)(C)C(C)(C)C)CS1. The standard InChI is InChI=1S/C15H28O3SSi/c1-11(2)17-14(16)13-9-8-12(10-19-13)18-20(6,7)15(3,4)5/h8,11,13H,9-10H2,1-7H3. The lowest BCUT2D eigenvalue weighted by atomic mass is 10.2. The molecule has 0 aromatic rings. The Balaban J connectivity index is 2.59.